The second-order valence-corrected chi connectivity index (χ2v) is 5.08. The summed E-state index contributed by atoms with van der Waals surface area (Å²) in [5, 5.41) is 10.0. The number of aryl methyl sites for hydroxylation is 1. The van der Waals surface area contributed by atoms with Gasteiger partial charge in [0.1, 0.15) is 0 Å². The van der Waals surface area contributed by atoms with E-state index < -0.39 is 0 Å². The summed E-state index contributed by atoms with van der Waals surface area (Å²) in [4.78, 5) is 16.4. The Balaban J connectivity index is 1.87. The van der Waals surface area contributed by atoms with Crippen molar-refractivity contribution in [1.82, 2.24) is 15.2 Å². The van der Waals surface area contributed by atoms with Crippen LogP contribution in [0.1, 0.15) is 21.5 Å². The van der Waals surface area contributed by atoms with Crippen molar-refractivity contribution in [2.45, 2.75) is 13.8 Å². The summed E-state index contributed by atoms with van der Waals surface area (Å²) in [6.07, 6.45) is 3.45. The molecule has 5 nitrogen and oxygen atoms in total. The third-order valence-corrected chi connectivity index (χ3v) is 3.60. The Morgan fingerprint density at radius 2 is 1.82 bits per heavy atom. The topological polar surface area (TPSA) is 70.7 Å². The molecule has 3 aromatic rings. The van der Waals surface area contributed by atoms with Crippen LogP contribution in [0.4, 0.5) is 5.82 Å². The van der Waals surface area contributed by atoms with Gasteiger partial charge in [0.05, 0.1) is 5.69 Å². The minimum Gasteiger partial charge on any atom is -0.305 e. The number of amides is 1. The number of carbonyl (C=O) groups is 1. The number of aromatic nitrogens is 3. The predicted molar refractivity (Wildman–Crippen MR) is 85.7 cm³/mol. The number of aromatic amines is 1. The van der Waals surface area contributed by atoms with E-state index in [0.717, 1.165) is 22.4 Å². The fraction of sp³-hybridized carbons (Fsp3) is 0.118. The van der Waals surface area contributed by atoms with E-state index in [1.807, 2.05) is 44.2 Å². The van der Waals surface area contributed by atoms with E-state index in [-0.39, 0.29) is 5.91 Å². The van der Waals surface area contributed by atoms with Gasteiger partial charge in [0, 0.05) is 29.1 Å². The molecule has 1 aromatic carbocycles. The van der Waals surface area contributed by atoms with Crippen molar-refractivity contribution in [3.8, 4) is 11.3 Å². The van der Waals surface area contributed by atoms with Gasteiger partial charge in [-0.25, -0.2) is 0 Å². The molecule has 2 heterocycles. The van der Waals surface area contributed by atoms with Gasteiger partial charge in [-0.05, 0) is 37.6 Å². The summed E-state index contributed by atoms with van der Waals surface area (Å²) >= 11 is 0. The third kappa shape index (κ3) is 2.61. The fourth-order valence-corrected chi connectivity index (χ4v) is 2.32. The Bertz CT molecular complexity index is 809. The molecule has 0 radical (unpaired) electrons. The molecule has 22 heavy (non-hydrogen) atoms. The van der Waals surface area contributed by atoms with Gasteiger partial charge in [0.25, 0.3) is 5.91 Å². The lowest BCUT2D eigenvalue weighted by Gasteiger charge is -2.06. The standard InChI is InChI=1S/C17H16N4O/c1-11-5-3-4-6-14(11)17(22)19-16-12(2)15(20-21-16)13-7-9-18-10-8-13/h3-10H,1-2H3,(H2,19,20,21,22). The SMILES string of the molecule is Cc1ccccc1C(=O)Nc1n[nH]c(-c2ccncc2)c1C. The van der Waals surface area contributed by atoms with Gasteiger partial charge >= 0.3 is 0 Å². The fourth-order valence-electron chi connectivity index (χ4n) is 2.32. The molecule has 110 valence electrons. The molecular weight excluding hydrogens is 276 g/mol. The maximum Gasteiger partial charge on any atom is 0.257 e. The van der Waals surface area contributed by atoms with E-state index in [1.165, 1.54) is 0 Å². The van der Waals surface area contributed by atoms with Crippen molar-refractivity contribution in [1.29, 1.82) is 0 Å². The largest absolute Gasteiger partial charge is 0.305 e. The van der Waals surface area contributed by atoms with Gasteiger partial charge in [-0.1, -0.05) is 18.2 Å². The maximum atomic E-state index is 12.4. The average molecular weight is 292 g/mol. The number of H-pyrrole nitrogens is 1. The van der Waals surface area contributed by atoms with Crippen LogP contribution in [0.2, 0.25) is 0 Å². The van der Waals surface area contributed by atoms with Crippen LogP contribution in [-0.2, 0) is 0 Å². The second kappa shape index (κ2) is 5.81. The minimum absolute atomic E-state index is 0.158. The Labute approximate surface area is 128 Å². The molecule has 0 saturated carbocycles. The summed E-state index contributed by atoms with van der Waals surface area (Å²) in [5.41, 5.74) is 4.34. The number of nitrogens with zero attached hydrogens (tertiary/aromatic N) is 2. The first-order chi connectivity index (χ1) is 10.7. The van der Waals surface area contributed by atoms with E-state index >= 15 is 0 Å². The predicted octanol–water partition coefficient (Wildman–Crippen LogP) is 3.34. The molecule has 5 heteroatoms. The van der Waals surface area contributed by atoms with E-state index in [4.69, 9.17) is 0 Å². The zero-order valence-corrected chi connectivity index (χ0v) is 12.4. The zero-order chi connectivity index (χ0) is 15.5. The van der Waals surface area contributed by atoms with Crippen molar-refractivity contribution in [2.24, 2.45) is 0 Å². The smallest absolute Gasteiger partial charge is 0.257 e. The molecule has 0 saturated heterocycles. The normalized spacial score (nSPS) is 10.5. The third-order valence-electron chi connectivity index (χ3n) is 3.60. The van der Waals surface area contributed by atoms with E-state index in [9.17, 15) is 4.79 Å². The van der Waals surface area contributed by atoms with Crippen LogP contribution in [0.5, 0.6) is 0 Å². The Morgan fingerprint density at radius 3 is 2.55 bits per heavy atom. The molecule has 0 bridgehead atoms. The molecule has 1 amide bonds. The summed E-state index contributed by atoms with van der Waals surface area (Å²) < 4.78 is 0. The van der Waals surface area contributed by atoms with Crippen molar-refractivity contribution in [2.75, 3.05) is 5.32 Å². The summed E-state index contributed by atoms with van der Waals surface area (Å²) in [5.74, 6) is 0.383. The number of rotatable bonds is 3. The number of nitrogens with one attached hydrogen (secondary N) is 2. The van der Waals surface area contributed by atoms with E-state index in [0.29, 0.717) is 11.4 Å². The first kappa shape index (κ1) is 14.0. The number of carbonyl (C=O) groups excluding carboxylic acids is 1. The average Bonchev–Trinajstić information content (AvgIpc) is 2.89. The van der Waals surface area contributed by atoms with Gasteiger partial charge in [0.2, 0.25) is 0 Å². The highest BCUT2D eigenvalue weighted by Gasteiger charge is 2.15. The summed E-state index contributed by atoms with van der Waals surface area (Å²) in [6, 6.07) is 11.3. The van der Waals surface area contributed by atoms with Crippen LogP contribution < -0.4 is 5.32 Å². The molecule has 2 aromatic heterocycles. The summed E-state index contributed by atoms with van der Waals surface area (Å²) in [7, 11) is 0. The summed E-state index contributed by atoms with van der Waals surface area (Å²) in [6.45, 7) is 3.83. The van der Waals surface area contributed by atoms with E-state index in [2.05, 4.69) is 20.5 Å². The number of anilines is 1. The molecule has 0 spiro atoms. The number of pyridine rings is 1. The number of hydrogen-bond acceptors (Lipinski definition) is 3. The molecule has 0 aliphatic rings. The van der Waals surface area contributed by atoms with Crippen molar-refractivity contribution in [3.05, 3.63) is 65.5 Å². The minimum atomic E-state index is -0.158. The van der Waals surface area contributed by atoms with Crippen molar-refractivity contribution in [3.63, 3.8) is 0 Å². The maximum absolute atomic E-state index is 12.4. The highest BCUT2D eigenvalue weighted by Crippen LogP contribution is 2.25. The van der Waals surface area contributed by atoms with Crippen LogP contribution in [-0.4, -0.2) is 21.1 Å². The van der Waals surface area contributed by atoms with Crippen LogP contribution in [0.3, 0.4) is 0 Å². The quantitative estimate of drug-likeness (QED) is 0.777. The van der Waals surface area contributed by atoms with Crippen molar-refractivity contribution >= 4 is 11.7 Å². The van der Waals surface area contributed by atoms with Gasteiger partial charge in [0.15, 0.2) is 5.82 Å². The monoisotopic (exact) mass is 292 g/mol. The molecule has 0 fully saturated rings. The molecule has 3 rings (SSSR count). The Morgan fingerprint density at radius 1 is 1.09 bits per heavy atom. The molecule has 0 unspecified atom stereocenters. The van der Waals surface area contributed by atoms with Gasteiger partial charge in [-0.2, -0.15) is 5.10 Å². The Hall–Kier alpha value is -2.95. The molecular formula is C17H16N4O. The van der Waals surface area contributed by atoms with Gasteiger partial charge in [-0.3, -0.25) is 14.9 Å². The van der Waals surface area contributed by atoms with Gasteiger partial charge in [-0.15, -0.1) is 0 Å². The molecule has 2 N–H and O–H groups in total. The Kier molecular flexibility index (Phi) is 3.70. The highest BCUT2D eigenvalue weighted by molar-refractivity contribution is 6.05. The lowest BCUT2D eigenvalue weighted by molar-refractivity contribution is 0.102. The lowest BCUT2D eigenvalue weighted by atomic mass is 10.1. The van der Waals surface area contributed by atoms with Crippen molar-refractivity contribution < 1.29 is 4.79 Å². The van der Waals surface area contributed by atoms with Crippen LogP contribution in [0, 0.1) is 13.8 Å². The lowest BCUT2D eigenvalue weighted by Crippen LogP contribution is -2.14. The van der Waals surface area contributed by atoms with Crippen LogP contribution in [0.25, 0.3) is 11.3 Å². The number of hydrogen-bond donors (Lipinski definition) is 2. The number of benzene rings is 1. The second-order valence-electron chi connectivity index (χ2n) is 5.08. The molecule has 0 aliphatic carbocycles. The first-order valence-corrected chi connectivity index (χ1v) is 6.99. The van der Waals surface area contributed by atoms with Crippen LogP contribution >= 0.6 is 0 Å². The first-order valence-electron chi connectivity index (χ1n) is 6.99. The van der Waals surface area contributed by atoms with Gasteiger partial charge < -0.3 is 5.32 Å². The highest BCUT2D eigenvalue weighted by atomic mass is 16.1. The van der Waals surface area contributed by atoms with E-state index in [1.54, 1.807) is 18.5 Å². The zero-order valence-electron chi connectivity index (χ0n) is 12.4. The van der Waals surface area contributed by atoms with Crippen LogP contribution in [0.15, 0.2) is 48.8 Å². The molecule has 0 atom stereocenters. The molecule has 0 aliphatic heterocycles.